The van der Waals surface area contributed by atoms with E-state index in [-0.39, 0.29) is 11.8 Å². The number of fused-ring (bicyclic) bond motifs is 1. The number of hydrogen-bond donors (Lipinski definition) is 2. The van der Waals surface area contributed by atoms with Crippen molar-refractivity contribution in [2.45, 2.75) is 31.6 Å². The van der Waals surface area contributed by atoms with Crippen LogP contribution in [0.1, 0.15) is 37.2 Å². The molecule has 0 radical (unpaired) electrons. The first-order valence-corrected chi connectivity index (χ1v) is 8.33. The molecule has 5 nitrogen and oxygen atoms in total. The number of likely N-dealkylation sites (tertiary alicyclic amines) is 1. The van der Waals surface area contributed by atoms with Gasteiger partial charge in [-0.2, -0.15) is 0 Å². The first-order chi connectivity index (χ1) is 11.1. The van der Waals surface area contributed by atoms with Crippen LogP contribution in [-0.2, 0) is 9.59 Å². The molecule has 1 aromatic rings. The van der Waals surface area contributed by atoms with E-state index in [2.05, 4.69) is 12.1 Å². The maximum absolute atomic E-state index is 12.2. The van der Waals surface area contributed by atoms with E-state index in [1.807, 2.05) is 18.2 Å². The average molecular weight is 316 g/mol. The number of aliphatic carboxylic acids is 1. The highest BCUT2D eigenvalue weighted by Crippen LogP contribution is 2.51. The van der Waals surface area contributed by atoms with E-state index in [1.54, 1.807) is 4.90 Å². The van der Waals surface area contributed by atoms with Gasteiger partial charge in [0.2, 0.25) is 5.91 Å². The zero-order chi connectivity index (χ0) is 16.4. The fraction of sp³-hybridized carbons (Fsp3) is 0.556. The van der Waals surface area contributed by atoms with Crippen LogP contribution in [0.25, 0.3) is 0 Å². The minimum atomic E-state index is -0.768. The molecule has 2 fully saturated rings. The molecule has 0 aromatic heterocycles. The molecule has 1 amide bonds. The third kappa shape index (κ3) is 2.85. The van der Waals surface area contributed by atoms with Gasteiger partial charge in [0.25, 0.3) is 0 Å². The quantitative estimate of drug-likeness (QED) is 0.887. The molecule has 2 aliphatic rings. The molecule has 0 bridgehead atoms. The van der Waals surface area contributed by atoms with E-state index < -0.39 is 11.4 Å². The number of carbonyl (C=O) groups excluding carboxylic acids is 1. The molecule has 1 saturated carbocycles. The lowest BCUT2D eigenvalue weighted by atomic mass is 9.64. The molecule has 3 N–H and O–H groups in total. The highest BCUT2D eigenvalue weighted by Gasteiger charge is 2.55. The summed E-state index contributed by atoms with van der Waals surface area (Å²) in [6, 6.07) is 10.3. The van der Waals surface area contributed by atoms with E-state index in [9.17, 15) is 14.7 Å². The Hall–Kier alpha value is -1.88. The van der Waals surface area contributed by atoms with Gasteiger partial charge in [-0.05, 0) is 36.7 Å². The number of benzene rings is 1. The second kappa shape index (κ2) is 6.32. The van der Waals surface area contributed by atoms with Gasteiger partial charge in [-0.25, -0.2) is 0 Å². The third-order valence-electron chi connectivity index (χ3n) is 5.61. The Morgan fingerprint density at radius 1 is 1.30 bits per heavy atom. The van der Waals surface area contributed by atoms with E-state index in [4.69, 9.17) is 5.73 Å². The number of carbonyl (C=O) groups is 2. The smallest absolute Gasteiger partial charge is 0.311 e. The maximum Gasteiger partial charge on any atom is 0.311 e. The average Bonchev–Trinajstić information content (AvgIpc) is 2.96. The van der Waals surface area contributed by atoms with Gasteiger partial charge in [-0.1, -0.05) is 30.3 Å². The summed E-state index contributed by atoms with van der Waals surface area (Å²) in [6.45, 7) is 1.20. The predicted molar refractivity (Wildman–Crippen MR) is 86.8 cm³/mol. The number of carboxylic acids is 1. The van der Waals surface area contributed by atoms with Crippen LogP contribution in [0.2, 0.25) is 0 Å². The number of nitrogens with zero attached hydrogens (tertiary/aromatic N) is 1. The van der Waals surface area contributed by atoms with Crippen LogP contribution >= 0.6 is 0 Å². The van der Waals surface area contributed by atoms with Gasteiger partial charge in [0.15, 0.2) is 0 Å². The summed E-state index contributed by atoms with van der Waals surface area (Å²) in [5.74, 6) is -0.352. The van der Waals surface area contributed by atoms with Gasteiger partial charge in [0.05, 0.1) is 5.41 Å². The fourth-order valence-corrected chi connectivity index (χ4v) is 4.30. The molecule has 0 unspecified atom stereocenters. The topological polar surface area (TPSA) is 83.6 Å². The molecule has 1 aromatic carbocycles. The Labute approximate surface area is 136 Å². The molecular weight excluding hydrogens is 292 g/mol. The number of carboxylic acid groups (broad SMARTS) is 1. The minimum absolute atomic E-state index is 0.0150. The van der Waals surface area contributed by atoms with Crippen LogP contribution in [0, 0.1) is 11.3 Å². The van der Waals surface area contributed by atoms with Gasteiger partial charge in [0, 0.05) is 26.1 Å². The van der Waals surface area contributed by atoms with Crippen LogP contribution in [0.5, 0.6) is 0 Å². The molecule has 23 heavy (non-hydrogen) atoms. The molecule has 1 heterocycles. The van der Waals surface area contributed by atoms with Crippen LogP contribution < -0.4 is 5.73 Å². The van der Waals surface area contributed by atoms with E-state index in [0.717, 1.165) is 12.8 Å². The lowest BCUT2D eigenvalue weighted by molar-refractivity contribution is -0.152. The summed E-state index contributed by atoms with van der Waals surface area (Å²) in [6.07, 6.45) is 2.64. The zero-order valence-corrected chi connectivity index (χ0v) is 13.3. The van der Waals surface area contributed by atoms with Crippen molar-refractivity contribution in [1.29, 1.82) is 0 Å². The first-order valence-electron chi connectivity index (χ1n) is 8.33. The highest BCUT2D eigenvalue weighted by molar-refractivity contribution is 5.81. The largest absolute Gasteiger partial charge is 0.481 e. The summed E-state index contributed by atoms with van der Waals surface area (Å²) >= 11 is 0. The van der Waals surface area contributed by atoms with Crippen molar-refractivity contribution in [1.82, 2.24) is 4.90 Å². The molecule has 3 atom stereocenters. The summed E-state index contributed by atoms with van der Waals surface area (Å²) in [5.41, 5.74) is 5.98. The second-order valence-corrected chi connectivity index (χ2v) is 6.85. The van der Waals surface area contributed by atoms with Crippen molar-refractivity contribution in [3.05, 3.63) is 35.9 Å². The highest BCUT2D eigenvalue weighted by atomic mass is 16.4. The minimum Gasteiger partial charge on any atom is -0.481 e. The Morgan fingerprint density at radius 2 is 2.04 bits per heavy atom. The van der Waals surface area contributed by atoms with E-state index in [1.165, 1.54) is 5.56 Å². The Bertz CT molecular complexity index is 589. The molecule has 0 spiro atoms. The molecular formula is C18H24N2O3. The number of amides is 1. The van der Waals surface area contributed by atoms with Crippen molar-refractivity contribution in [2.75, 3.05) is 19.6 Å². The van der Waals surface area contributed by atoms with Crippen LogP contribution in [0.3, 0.4) is 0 Å². The zero-order valence-electron chi connectivity index (χ0n) is 13.3. The van der Waals surface area contributed by atoms with Gasteiger partial charge >= 0.3 is 5.97 Å². The van der Waals surface area contributed by atoms with Crippen LogP contribution in [0.15, 0.2) is 30.3 Å². The molecule has 1 aliphatic heterocycles. The van der Waals surface area contributed by atoms with Crippen molar-refractivity contribution >= 4 is 11.9 Å². The maximum atomic E-state index is 12.2. The van der Waals surface area contributed by atoms with E-state index in [0.29, 0.717) is 38.4 Å². The lowest BCUT2D eigenvalue weighted by Gasteiger charge is -2.38. The lowest BCUT2D eigenvalue weighted by Crippen LogP contribution is -2.43. The van der Waals surface area contributed by atoms with Crippen LogP contribution in [-0.4, -0.2) is 41.5 Å². The van der Waals surface area contributed by atoms with Gasteiger partial charge in [0.1, 0.15) is 0 Å². The molecule has 3 rings (SSSR count). The summed E-state index contributed by atoms with van der Waals surface area (Å²) in [5, 5.41) is 9.82. The van der Waals surface area contributed by atoms with Gasteiger partial charge in [-0.3, -0.25) is 9.59 Å². The Kier molecular flexibility index (Phi) is 4.39. The Balaban J connectivity index is 1.80. The number of nitrogens with two attached hydrogens (primary N) is 1. The predicted octanol–water partition coefficient (Wildman–Crippen LogP) is 1.83. The first kappa shape index (κ1) is 16.0. The standard InChI is InChI=1S/C18H24N2O3/c19-9-7-16(21)20-11-15-10-14(13-4-2-1-3-5-13)6-8-18(15,12-20)17(22)23/h1-5,14-15H,6-12,19H2,(H,22,23)/t14-,15-,18-/m0/s1. The number of hydrogen-bond acceptors (Lipinski definition) is 3. The van der Waals surface area contributed by atoms with Gasteiger partial charge in [-0.15, -0.1) is 0 Å². The Morgan fingerprint density at radius 3 is 2.70 bits per heavy atom. The monoisotopic (exact) mass is 316 g/mol. The van der Waals surface area contributed by atoms with Crippen LogP contribution in [0.4, 0.5) is 0 Å². The fourth-order valence-electron chi connectivity index (χ4n) is 4.30. The summed E-state index contributed by atoms with van der Waals surface area (Å²) < 4.78 is 0. The van der Waals surface area contributed by atoms with Gasteiger partial charge < -0.3 is 15.7 Å². The molecule has 1 saturated heterocycles. The second-order valence-electron chi connectivity index (χ2n) is 6.85. The van der Waals surface area contributed by atoms with Crippen molar-refractivity contribution in [2.24, 2.45) is 17.1 Å². The van der Waals surface area contributed by atoms with Crippen molar-refractivity contribution in [3.63, 3.8) is 0 Å². The van der Waals surface area contributed by atoms with E-state index >= 15 is 0 Å². The van der Waals surface area contributed by atoms with Crippen molar-refractivity contribution < 1.29 is 14.7 Å². The summed E-state index contributed by atoms with van der Waals surface area (Å²) in [7, 11) is 0. The third-order valence-corrected chi connectivity index (χ3v) is 5.61. The molecule has 124 valence electrons. The SMILES string of the molecule is NCCC(=O)N1C[C@@H]2C[C@@H](c3ccccc3)CC[C@]2(C(=O)O)C1. The summed E-state index contributed by atoms with van der Waals surface area (Å²) in [4.78, 5) is 25.8. The molecule has 1 aliphatic carbocycles. The normalized spacial score (nSPS) is 30.0. The number of rotatable bonds is 4. The van der Waals surface area contributed by atoms with Crippen molar-refractivity contribution in [3.8, 4) is 0 Å². The molecule has 5 heteroatoms.